The fourth-order valence-electron chi connectivity index (χ4n) is 1.35. The van der Waals surface area contributed by atoms with Crippen LogP contribution in [0.3, 0.4) is 0 Å². The number of aromatic nitrogens is 4. The fraction of sp³-hybridized carbons (Fsp3) is 0.444. The predicted octanol–water partition coefficient (Wildman–Crippen LogP) is 0.0565. The minimum absolute atomic E-state index is 0.0780. The Balaban J connectivity index is 2.16. The van der Waals surface area contributed by atoms with Crippen molar-refractivity contribution in [3.8, 4) is 0 Å². The van der Waals surface area contributed by atoms with E-state index in [2.05, 4.69) is 20.0 Å². The molecular weight excluding hydrogens is 288 g/mol. The van der Waals surface area contributed by atoms with Gasteiger partial charge in [0.05, 0.1) is 12.7 Å². The maximum atomic E-state index is 12.1. The van der Waals surface area contributed by atoms with Gasteiger partial charge in [-0.25, -0.2) is 8.42 Å². The Morgan fingerprint density at radius 1 is 1.47 bits per heavy atom. The summed E-state index contributed by atoms with van der Waals surface area (Å²) in [6, 6.07) is 0. The van der Waals surface area contributed by atoms with E-state index in [4.69, 9.17) is 5.73 Å². The van der Waals surface area contributed by atoms with Gasteiger partial charge in [0.2, 0.25) is 5.13 Å². The van der Waals surface area contributed by atoms with E-state index in [1.807, 2.05) is 6.92 Å². The molecule has 0 saturated heterocycles. The first-order chi connectivity index (χ1) is 9.05. The van der Waals surface area contributed by atoms with E-state index in [0.29, 0.717) is 19.5 Å². The van der Waals surface area contributed by atoms with Gasteiger partial charge in [-0.05, 0) is 6.42 Å². The monoisotopic (exact) mass is 302 g/mol. The minimum atomic E-state index is -3.67. The highest BCUT2D eigenvalue weighted by molar-refractivity contribution is 7.93. The fourth-order valence-corrected chi connectivity index (χ4v) is 3.21. The molecule has 2 rings (SSSR count). The number of nitrogens with two attached hydrogens (primary N) is 1. The second-order valence-electron chi connectivity index (χ2n) is 3.69. The highest BCUT2D eigenvalue weighted by Crippen LogP contribution is 2.19. The molecule has 0 spiro atoms. The van der Waals surface area contributed by atoms with Crippen molar-refractivity contribution < 1.29 is 8.42 Å². The number of rotatable bonds is 6. The Labute approximate surface area is 114 Å². The second-order valence-corrected chi connectivity index (χ2v) is 6.43. The highest BCUT2D eigenvalue weighted by Gasteiger charge is 2.18. The Morgan fingerprint density at radius 3 is 2.89 bits per heavy atom. The molecule has 0 aliphatic carbocycles. The summed E-state index contributed by atoms with van der Waals surface area (Å²) in [4.78, 5) is 0.0780. The van der Waals surface area contributed by atoms with Crippen molar-refractivity contribution in [2.45, 2.75) is 24.8 Å². The summed E-state index contributed by atoms with van der Waals surface area (Å²) in [5.74, 6) is 0. The van der Waals surface area contributed by atoms with Crippen LogP contribution in [-0.2, 0) is 23.0 Å². The van der Waals surface area contributed by atoms with Gasteiger partial charge >= 0.3 is 0 Å². The molecule has 0 saturated carbocycles. The summed E-state index contributed by atoms with van der Waals surface area (Å²) in [5.41, 5.74) is 5.38. The molecule has 0 atom stereocenters. The van der Waals surface area contributed by atoms with Crippen molar-refractivity contribution in [3.05, 3.63) is 17.4 Å². The van der Waals surface area contributed by atoms with Crippen molar-refractivity contribution in [2.75, 3.05) is 11.3 Å². The first-order valence-corrected chi connectivity index (χ1v) is 7.93. The van der Waals surface area contributed by atoms with Crippen LogP contribution >= 0.6 is 11.3 Å². The SMILES string of the molecule is CCc1nnc(NS(=O)(=O)c2cnn(CCN)c2)s1. The topological polar surface area (TPSA) is 116 Å². The molecule has 0 aliphatic rings. The van der Waals surface area contributed by atoms with E-state index in [0.717, 1.165) is 5.01 Å². The van der Waals surface area contributed by atoms with Crippen LogP contribution in [0.15, 0.2) is 17.3 Å². The zero-order chi connectivity index (χ0) is 13.9. The van der Waals surface area contributed by atoms with Gasteiger partial charge in [0.1, 0.15) is 9.90 Å². The Kier molecular flexibility index (Phi) is 4.12. The van der Waals surface area contributed by atoms with Crippen LogP contribution < -0.4 is 10.5 Å². The lowest BCUT2D eigenvalue weighted by Crippen LogP contribution is -2.13. The first kappa shape index (κ1) is 13.9. The molecule has 0 unspecified atom stereocenters. The molecule has 0 aromatic carbocycles. The van der Waals surface area contributed by atoms with Gasteiger partial charge < -0.3 is 5.73 Å². The zero-order valence-corrected chi connectivity index (χ0v) is 11.9. The largest absolute Gasteiger partial charge is 0.329 e. The summed E-state index contributed by atoms with van der Waals surface area (Å²) in [6.45, 7) is 2.79. The van der Waals surface area contributed by atoms with E-state index >= 15 is 0 Å². The first-order valence-electron chi connectivity index (χ1n) is 5.63. The lowest BCUT2D eigenvalue weighted by Gasteiger charge is -2.00. The Morgan fingerprint density at radius 2 is 2.26 bits per heavy atom. The van der Waals surface area contributed by atoms with Crippen molar-refractivity contribution in [1.29, 1.82) is 0 Å². The zero-order valence-electron chi connectivity index (χ0n) is 10.3. The van der Waals surface area contributed by atoms with Crippen LogP contribution in [0, 0.1) is 0 Å². The van der Waals surface area contributed by atoms with E-state index in [1.165, 1.54) is 28.4 Å². The van der Waals surface area contributed by atoms with Gasteiger partial charge in [0.25, 0.3) is 10.0 Å². The number of anilines is 1. The maximum absolute atomic E-state index is 12.1. The summed E-state index contributed by atoms with van der Waals surface area (Å²) >= 11 is 1.21. The molecule has 19 heavy (non-hydrogen) atoms. The lowest BCUT2D eigenvalue weighted by atomic mass is 10.5. The molecule has 8 nitrogen and oxygen atoms in total. The standard InChI is InChI=1S/C9H14N6O2S2/c1-2-8-12-13-9(18-8)14-19(16,17)7-5-11-15(6-7)4-3-10/h5-6H,2-4,10H2,1H3,(H,13,14). The van der Waals surface area contributed by atoms with Gasteiger partial charge in [-0.2, -0.15) is 5.10 Å². The quantitative estimate of drug-likeness (QED) is 0.779. The summed E-state index contributed by atoms with van der Waals surface area (Å²) in [6.07, 6.45) is 3.42. The molecule has 2 heterocycles. The number of nitrogens with one attached hydrogen (secondary N) is 1. The van der Waals surface area contributed by atoms with Gasteiger partial charge in [-0.3, -0.25) is 9.40 Å². The minimum Gasteiger partial charge on any atom is -0.329 e. The molecule has 2 aromatic rings. The van der Waals surface area contributed by atoms with Gasteiger partial charge in [-0.15, -0.1) is 10.2 Å². The average molecular weight is 302 g/mol. The van der Waals surface area contributed by atoms with Crippen LogP contribution in [0.4, 0.5) is 5.13 Å². The van der Waals surface area contributed by atoms with Gasteiger partial charge in [-0.1, -0.05) is 18.3 Å². The number of hydrogen-bond donors (Lipinski definition) is 2. The molecule has 0 bridgehead atoms. The molecule has 0 aliphatic heterocycles. The van der Waals surface area contributed by atoms with Crippen molar-refractivity contribution in [1.82, 2.24) is 20.0 Å². The second kappa shape index (κ2) is 5.63. The van der Waals surface area contributed by atoms with Crippen molar-refractivity contribution in [3.63, 3.8) is 0 Å². The van der Waals surface area contributed by atoms with E-state index in [1.54, 1.807) is 0 Å². The van der Waals surface area contributed by atoms with Gasteiger partial charge in [0.15, 0.2) is 0 Å². The summed E-state index contributed by atoms with van der Waals surface area (Å²) < 4.78 is 28.0. The number of hydrogen-bond acceptors (Lipinski definition) is 7. The van der Waals surface area contributed by atoms with E-state index in [-0.39, 0.29) is 10.0 Å². The molecule has 2 aromatic heterocycles. The normalized spacial score (nSPS) is 11.7. The molecule has 104 valence electrons. The molecule has 0 radical (unpaired) electrons. The number of nitrogens with zero attached hydrogens (tertiary/aromatic N) is 4. The van der Waals surface area contributed by atoms with Crippen LogP contribution in [0.1, 0.15) is 11.9 Å². The Hall–Kier alpha value is -1.52. The molecular formula is C9H14N6O2S2. The van der Waals surface area contributed by atoms with Crippen molar-refractivity contribution >= 4 is 26.5 Å². The van der Waals surface area contributed by atoms with Crippen LogP contribution in [-0.4, -0.2) is 34.9 Å². The summed E-state index contributed by atoms with van der Waals surface area (Å²) in [5, 5.41) is 12.6. The van der Waals surface area contributed by atoms with Crippen LogP contribution in [0.2, 0.25) is 0 Å². The van der Waals surface area contributed by atoms with E-state index < -0.39 is 10.0 Å². The third-order valence-electron chi connectivity index (χ3n) is 2.27. The molecule has 0 fully saturated rings. The molecule has 3 N–H and O–H groups in total. The number of aryl methyl sites for hydroxylation is 1. The molecule has 10 heteroatoms. The number of sulfonamides is 1. The van der Waals surface area contributed by atoms with Gasteiger partial charge in [0, 0.05) is 12.7 Å². The van der Waals surface area contributed by atoms with Crippen LogP contribution in [0.5, 0.6) is 0 Å². The van der Waals surface area contributed by atoms with Crippen molar-refractivity contribution in [2.24, 2.45) is 5.73 Å². The average Bonchev–Trinajstić information content (AvgIpc) is 2.98. The molecule has 0 amide bonds. The third kappa shape index (κ3) is 3.28. The highest BCUT2D eigenvalue weighted by atomic mass is 32.2. The Bertz CT molecular complexity index is 647. The smallest absolute Gasteiger partial charge is 0.266 e. The lowest BCUT2D eigenvalue weighted by molar-refractivity contribution is 0.599. The van der Waals surface area contributed by atoms with E-state index in [9.17, 15) is 8.42 Å². The summed E-state index contributed by atoms with van der Waals surface area (Å²) in [7, 11) is -3.67. The third-order valence-corrected chi connectivity index (χ3v) is 4.67. The van der Waals surface area contributed by atoms with Crippen LogP contribution in [0.25, 0.3) is 0 Å². The predicted molar refractivity (Wildman–Crippen MR) is 71.4 cm³/mol. The maximum Gasteiger partial charge on any atom is 0.266 e.